The molecule has 2 atom stereocenters. The fraction of sp³-hybridized carbons (Fsp3) is 0.571. The number of piperidine rings is 1. The topological polar surface area (TPSA) is 38.5 Å². The first-order valence-electron chi connectivity index (χ1n) is 6.46. The van der Waals surface area contributed by atoms with Crippen molar-refractivity contribution in [1.29, 1.82) is 0 Å². The maximum atomic E-state index is 6.30. The van der Waals surface area contributed by atoms with Gasteiger partial charge < -0.3 is 10.5 Å². The average Bonchev–Trinajstić information content (AvgIpc) is 2.38. The highest BCUT2D eigenvalue weighted by atomic mass is 16.5. The van der Waals surface area contributed by atoms with Gasteiger partial charge in [0.2, 0.25) is 0 Å². The maximum Gasteiger partial charge on any atom is 0.119 e. The fourth-order valence-corrected chi connectivity index (χ4v) is 3.25. The SMILES string of the molecule is COc1ccc2c(c1)CCN1CCCC(N)C21. The van der Waals surface area contributed by atoms with E-state index in [0.717, 1.165) is 25.1 Å². The number of benzene rings is 1. The molecule has 17 heavy (non-hydrogen) atoms. The van der Waals surface area contributed by atoms with Gasteiger partial charge in [0.25, 0.3) is 0 Å². The van der Waals surface area contributed by atoms with Gasteiger partial charge in [-0.25, -0.2) is 0 Å². The molecule has 2 aliphatic heterocycles. The van der Waals surface area contributed by atoms with E-state index in [2.05, 4.69) is 23.1 Å². The minimum Gasteiger partial charge on any atom is -0.497 e. The number of methoxy groups -OCH3 is 1. The van der Waals surface area contributed by atoms with Gasteiger partial charge in [0.15, 0.2) is 0 Å². The molecule has 1 fully saturated rings. The van der Waals surface area contributed by atoms with E-state index >= 15 is 0 Å². The van der Waals surface area contributed by atoms with Gasteiger partial charge in [0.1, 0.15) is 5.75 Å². The number of nitrogens with zero attached hydrogens (tertiary/aromatic N) is 1. The molecule has 0 radical (unpaired) electrons. The third-order valence-electron chi connectivity index (χ3n) is 4.12. The van der Waals surface area contributed by atoms with Crippen LogP contribution in [0.15, 0.2) is 18.2 Å². The van der Waals surface area contributed by atoms with Crippen molar-refractivity contribution in [2.45, 2.75) is 31.3 Å². The zero-order chi connectivity index (χ0) is 11.8. The Hall–Kier alpha value is -1.06. The first kappa shape index (κ1) is 11.1. The predicted octanol–water partition coefficient (Wildman–Crippen LogP) is 1.72. The summed E-state index contributed by atoms with van der Waals surface area (Å²) in [6, 6.07) is 7.16. The van der Waals surface area contributed by atoms with Crippen molar-refractivity contribution in [2.24, 2.45) is 5.73 Å². The number of hydrogen-bond donors (Lipinski definition) is 1. The van der Waals surface area contributed by atoms with Crippen LogP contribution in [-0.4, -0.2) is 31.1 Å². The van der Waals surface area contributed by atoms with Crippen LogP contribution < -0.4 is 10.5 Å². The van der Waals surface area contributed by atoms with E-state index in [1.54, 1.807) is 7.11 Å². The summed E-state index contributed by atoms with van der Waals surface area (Å²) in [4.78, 5) is 2.54. The average molecular weight is 232 g/mol. The Balaban J connectivity index is 1.99. The van der Waals surface area contributed by atoms with Crippen molar-refractivity contribution in [1.82, 2.24) is 4.90 Å². The number of ether oxygens (including phenoxy) is 1. The van der Waals surface area contributed by atoms with E-state index in [9.17, 15) is 0 Å². The number of nitrogens with two attached hydrogens (primary N) is 1. The lowest BCUT2D eigenvalue weighted by atomic mass is 9.84. The second-order valence-electron chi connectivity index (χ2n) is 5.10. The molecule has 0 aliphatic carbocycles. The summed E-state index contributed by atoms with van der Waals surface area (Å²) in [5.74, 6) is 0.960. The Kier molecular flexibility index (Phi) is 2.81. The van der Waals surface area contributed by atoms with Crippen LogP contribution in [0.1, 0.15) is 30.0 Å². The van der Waals surface area contributed by atoms with Gasteiger partial charge in [-0.1, -0.05) is 6.07 Å². The van der Waals surface area contributed by atoms with Crippen molar-refractivity contribution in [3.8, 4) is 5.75 Å². The molecule has 3 nitrogen and oxygen atoms in total. The van der Waals surface area contributed by atoms with E-state index in [4.69, 9.17) is 10.5 Å². The Labute approximate surface area is 103 Å². The molecule has 0 amide bonds. The number of rotatable bonds is 1. The number of fused-ring (bicyclic) bond motifs is 3. The van der Waals surface area contributed by atoms with Crippen LogP contribution >= 0.6 is 0 Å². The van der Waals surface area contributed by atoms with Crippen molar-refractivity contribution in [2.75, 3.05) is 20.2 Å². The highest BCUT2D eigenvalue weighted by Gasteiger charge is 2.34. The van der Waals surface area contributed by atoms with Gasteiger partial charge in [-0.2, -0.15) is 0 Å². The summed E-state index contributed by atoms with van der Waals surface area (Å²) in [5, 5.41) is 0. The Morgan fingerprint density at radius 1 is 1.35 bits per heavy atom. The summed E-state index contributed by atoms with van der Waals surface area (Å²) in [5.41, 5.74) is 9.14. The van der Waals surface area contributed by atoms with Crippen LogP contribution in [-0.2, 0) is 6.42 Å². The summed E-state index contributed by atoms with van der Waals surface area (Å²) in [6.45, 7) is 2.34. The maximum absolute atomic E-state index is 6.30. The van der Waals surface area contributed by atoms with Crippen molar-refractivity contribution < 1.29 is 4.74 Å². The van der Waals surface area contributed by atoms with Gasteiger partial charge in [-0.3, -0.25) is 4.90 Å². The molecule has 2 unspecified atom stereocenters. The molecule has 2 aliphatic rings. The van der Waals surface area contributed by atoms with E-state index in [1.807, 2.05) is 0 Å². The normalized spacial score (nSPS) is 28.4. The van der Waals surface area contributed by atoms with Gasteiger partial charge in [0.05, 0.1) is 13.2 Å². The molecule has 0 bridgehead atoms. The Morgan fingerprint density at radius 3 is 3.06 bits per heavy atom. The Morgan fingerprint density at radius 2 is 2.24 bits per heavy atom. The molecule has 1 saturated heterocycles. The van der Waals surface area contributed by atoms with Crippen molar-refractivity contribution in [3.63, 3.8) is 0 Å². The standard InChI is InChI=1S/C14H20N2O/c1-17-11-4-5-12-10(9-11)6-8-16-7-2-3-13(15)14(12)16/h4-5,9,13-14H,2-3,6-8,15H2,1H3. The minimum atomic E-state index is 0.288. The van der Waals surface area contributed by atoms with Crippen molar-refractivity contribution >= 4 is 0 Å². The molecule has 2 heterocycles. The smallest absolute Gasteiger partial charge is 0.119 e. The second-order valence-corrected chi connectivity index (χ2v) is 5.10. The molecule has 0 saturated carbocycles. The van der Waals surface area contributed by atoms with Gasteiger partial charge in [0, 0.05) is 12.6 Å². The van der Waals surface area contributed by atoms with Crippen LogP contribution in [0, 0.1) is 0 Å². The highest BCUT2D eigenvalue weighted by Crippen LogP contribution is 2.37. The first-order valence-corrected chi connectivity index (χ1v) is 6.46. The lowest BCUT2D eigenvalue weighted by Crippen LogP contribution is -2.48. The Bertz CT molecular complexity index is 419. The zero-order valence-electron chi connectivity index (χ0n) is 10.4. The summed E-state index contributed by atoms with van der Waals surface area (Å²) < 4.78 is 5.30. The van der Waals surface area contributed by atoms with E-state index in [-0.39, 0.29) is 6.04 Å². The van der Waals surface area contributed by atoms with Crippen LogP contribution in [0.4, 0.5) is 0 Å². The molecule has 0 aromatic heterocycles. The molecule has 3 heteroatoms. The number of hydrogen-bond acceptors (Lipinski definition) is 3. The highest BCUT2D eigenvalue weighted by molar-refractivity contribution is 5.40. The van der Waals surface area contributed by atoms with Crippen molar-refractivity contribution in [3.05, 3.63) is 29.3 Å². The van der Waals surface area contributed by atoms with E-state index in [0.29, 0.717) is 6.04 Å². The van der Waals surface area contributed by atoms with E-state index < -0.39 is 0 Å². The third kappa shape index (κ3) is 1.83. The summed E-state index contributed by atoms with van der Waals surface area (Å²) >= 11 is 0. The summed E-state index contributed by atoms with van der Waals surface area (Å²) in [6.07, 6.45) is 3.51. The second kappa shape index (κ2) is 4.31. The fourth-order valence-electron chi connectivity index (χ4n) is 3.25. The van der Waals surface area contributed by atoms with Crippen LogP contribution in [0.5, 0.6) is 5.75 Å². The molecule has 3 rings (SSSR count). The molecular formula is C14H20N2O. The molecule has 1 aromatic rings. The predicted molar refractivity (Wildman–Crippen MR) is 68.2 cm³/mol. The molecule has 0 spiro atoms. The quantitative estimate of drug-likeness (QED) is 0.801. The van der Waals surface area contributed by atoms with Gasteiger partial charge in [-0.15, -0.1) is 0 Å². The molecule has 1 aromatic carbocycles. The van der Waals surface area contributed by atoms with Gasteiger partial charge in [-0.05, 0) is 49.1 Å². The molecule has 2 N–H and O–H groups in total. The summed E-state index contributed by atoms with van der Waals surface area (Å²) in [7, 11) is 1.73. The van der Waals surface area contributed by atoms with E-state index in [1.165, 1.54) is 24.1 Å². The molecule has 92 valence electrons. The third-order valence-corrected chi connectivity index (χ3v) is 4.12. The first-order chi connectivity index (χ1) is 8.29. The largest absolute Gasteiger partial charge is 0.497 e. The van der Waals surface area contributed by atoms with Crippen LogP contribution in [0.3, 0.4) is 0 Å². The lowest BCUT2D eigenvalue weighted by molar-refractivity contribution is 0.119. The monoisotopic (exact) mass is 232 g/mol. The lowest BCUT2D eigenvalue weighted by Gasteiger charge is -2.44. The molecular weight excluding hydrogens is 212 g/mol. The van der Waals surface area contributed by atoms with Gasteiger partial charge >= 0.3 is 0 Å². The minimum absolute atomic E-state index is 0.288. The van der Waals surface area contributed by atoms with Crippen LogP contribution in [0.2, 0.25) is 0 Å². The van der Waals surface area contributed by atoms with Crippen LogP contribution in [0.25, 0.3) is 0 Å². The zero-order valence-corrected chi connectivity index (χ0v) is 10.4.